The van der Waals surface area contributed by atoms with Crippen molar-refractivity contribution in [2.45, 2.75) is 39.3 Å². The number of nitrogens with one attached hydrogen (secondary N) is 1. The first kappa shape index (κ1) is 10.8. The van der Waals surface area contributed by atoms with Crippen LogP contribution >= 0.6 is 11.3 Å². The minimum atomic E-state index is 0.656. The molecule has 2 aromatic heterocycles. The van der Waals surface area contributed by atoms with Gasteiger partial charge in [0.15, 0.2) is 0 Å². The SMILES string of the molecule is Cc1cc(Cn2ccnc2NC2CC2)sc1C. The van der Waals surface area contributed by atoms with Gasteiger partial charge in [-0.1, -0.05) is 0 Å². The zero-order chi connectivity index (χ0) is 11.8. The maximum Gasteiger partial charge on any atom is 0.203 e. The Hall–Kier alpha value is -1.29. The molecule has 1 N–H and O–H groups in total. The van der Waals surface area contributed by atoms with Crippen LogP contribution in [0.5, 0.6) is 0 Å². The largest absolute Gasteiger partial charge is 0.353 e. The normalized spacial score (nSPS) is 15.2. The first-order valence-corrected chi connectivity index (χ1v) is 6.87. The van der Waals surface area contributed by atoms with Crippen LogP contribution < -0.4 is 5.32 Å². The van der Waals surface area contributed by atoms with E-state index in [9.17, 15) is 0 Å². The van der Waals surface area contributed by atoms with E-state index in [0.29, 0.717) is 6.04 Å². The molecule has 17 heavy (non-hydrogen) atoms. The van der Waals surface area contributed by atoms with Crippen molar-refractivity contribution in [3.8, 4) is 0 Å². The molecule has 2 aromatic rings. The monoisotopic (exact) mass is 247 g/mol. The van der Waals surface area contributed by atoms with Crippen molar-refractivity contribution in [2.75, 3.05) is 5.32 Å². The number of imidazole rings is 1. The lowest BCUT2D eigenvalue weighted by atomic mass is 10.3. The lowest BCUT2D eigenvalue weighted by molar-refractivity contribution is 0.808. The standard InChI is InChI=1S/C13H17N3S/c1-9-7-12(17-10(9)2)8-16-6-5-14-13(16)15-11-3-4-11/h5-7,11H,3-4,8H2,1-2H3,(H,14,15). The molecule has 1 saturated carbocycles. The van der Waals surface area contributed by atoms with E-state index in [2.05, 4.69) is 41.0 Å². The fourth-order valence-corrected chi connectivity index (χ4v) is 2.94. The summed E-state index contributed by atoms with van der Waals surface area (Å²) in [6.45, 7) is 5.28. The number of hydrogen-bond acceptors (Lipinski definition) is 3. The van der Waals surface area contributed by atoms with Crippen molar-refractivity contribution in [2.24, 2.45) is 0 Å². The van der Waals surface area contributed by atoms with Gasteiger partial charge < -0.3 is 9.88 Å². The van der Waals surface area contributed by atoms with Crippen LogP contribution in [0.2, 0.25) is 0 Å². The number of aromatic nitrogens is 2. The van der Waals surface area contributed by atoms with Gasteiger partial charge in [-0.2, -0.15) is 0 Å². The van der Waals surface area contributed by atoms with Gasteiger partial charge in [-0.3, -0.25) is 0 Å². The summed E-state index contributed by atoms with van der Waals surface area (Å²) < 4.78 is 2.20. The van der Waals surface area contributed by atoms with Gasteiger partial charge in [0.2, 0.25) is 5.95 Å². The highest BCUT2D eigenvalue weighted by molar-refractivity contribution is 7.12. The zero-order valence-electron chi connectivity index (χ0n) is 10.2. The molecule has 0 atom stereocenters. The maximum absolute atomic E-state index is 4.38. The molecule has 3 nitrogen and oxygen atoms in total. The third kappa shape index (κ3) is 2.36. The highest BCUT2D eigenvalue weighted by Gasteiger charge is 2.22. The molecule has 0 bridgehead atoms. The topological polar surface area (TPSA) is 29.9 Å². The lowest BCUT2D eigenvalue weighted by Crippen LogP contribution is -2.09. The van der Waals surface area contributed by atoms with Crippen LogP contribution in [0.4, 0.5) is 5.95 Å². The Balaban J connectivity index is 1.77. The van der Waals surface area contributed by atoms with Gasteiger partial charge in [0.1, 0.15) is 0 Å². The highest BCUT2D eigenvalue weighted by Crippen LogP contribution is 2.25. The van der Waals surface area contributed by atoms with Crippen LogP contribution in [0.15, 0.2) is 18.5 Å². The van der Waals surface area contributed by atoms with Gasteiger partial charge in [0.25, 0.3) is 0 Å². The molecule has 0 unspecified atom stereocenters. The highest BCUT2D eigenvalue weighted by atomic mass is 32.1. The van der Waals surface area contributed by atoms with Gasteiger partial charge in [-0.15, -0.1) is 11.3 Å². The summed E-state index contributed by atoms with van der Waals surface area (Å²) in [5, 5.41) is 3.46. The van der Waals surface area contributed by atoms with Gasteiger partial charge in [-0.25, -0.2) is 4.98 Å². The van der Waals surface area contributed by atoms with E-state index in [0.717, 1.165) is 12.5 Å². The molecule has 1 fully saturated rings. The van der Waals surface area contributed by atoms with Gasteiger partial charge in [-0.05, 0) is 38.3 Å². The van der Waals surface area contributed by atoms with Gasteiger partial charge in [0, 0.05) is 28.2 Å². The molecule has 0 spiro atoms. The Morgan fingerprint density at radius 2 is 2.29 bits per heavy atom. The van der Waals surface area contributed by atoms with E-state index < -0.39 is 0 Å². The van der Waals surface area contributed by atoms with Crippen molar-refractivity contribution >= 4 is 17.3 Å². The van der Waals surface area contributed by atoms with E-state index in [1.165, 1.54) is 28.2 Å². The molecular weight excluding hydrogens is 230 g/mol. The predicted molar refractivity (Wildman–Crippen MR) is 71.8 cm³/mol. The van der Waals surface area contributed by atoms with Crippen molar-refractivity contribution in [1.29, 1.82) is 0 Å². The Morgan fingerprint density at radius 3 is 2.94 bits per heavy atom. The van der Waals surface area contributed by atoms with Crippen molar-refractivity contribution in [3.05, 3.63) is 33.8 Å². The molecule has 2 heterocycles. The van der Waals surface area contributed by atoms with Crippen LogP contribution in [-0.4, -0.2) is 15.6 Å². The average molecular weight is 247 g/mol. The Labute approximate surface area is 106 Å². The van der Waals surface area contributed by atoms with E-state index in [1.807, 2.05) is 17.5 Å². The number of thiophene rings is 1. The van der Waals surface area contributed by atoms with E-state index in [-0.39, 0.29) is 0 Å². The van der Waals surface area contributed by atoms with Crippen molar-refractivity contribution < 1.29 is 0 Å². The summed E-state index contributed by atoms with van der Waals surface area (Å²) in [4.78, 5) is 7.19. The Bertz CT molecular complexity index is 503. The molecule has 1 aliphatic rings. The molecule has 3 rings (SSSR count). The molecule has 4 heteroatoms. The Morgan fingerprint density at radius 1 is 1.47 bits per heavy atom. The third-order valence-electron chi connectivity index (χ3n) is 3.17. The molecule has 0 aromatic carbocycles. The fourth-order valence-electron chi connectivity index (χ4n) is 1.88. The smallest absolute Gasteiger partial charge is 0.203 e. The zero-order valence-corrected chi connectivity index (χ0v) is 11.0. The van der Waals surface area contributed by atoms with E-state index in [4.69, 9.17) is 0 Å². The average Bonchev–Trinajstić information content (AvgIpc) is 2.91. The summed E-state index contributed by atoms with van der Waals surface area (Å²) >= 11 is 1.88. The summed E-state index contributed by atoms with van der Waals surface area (Å²) in [6.07, 6.45) is 6.49. The third-order valence-corrected chi connectivity index (χ3v) is 4.31. The number of anilines is 1. The molecule has 0 radical (unpaired) electrons. The maximum atomic E-state index is 4.38. The predicted octanol–water partition coefficient (Wildman–Crippen LogP) is 3.18. The number of nitrogens with zero attached hydrogens (tertiary/aromatic N) is 2. The summed E-state index contributed by atoms with van der Waals surface area (Å²) in [7, 11) is 0. The van der Waals surface area contributed by atoms with Crippen LogP contribution in [-0.2, 0) is 6.54 Å². The quantitative estimate of drug-likeness (QED) is 0.899. The number of hydrogen-bond donors (Lipinski definition) is 1. The van der Waals surface area contributed by atoms with E-state index in [1.54, 1.807) is 0 Å². The lowest BCUT2D eigenvalue weighted by Gasteiger charge is -2.07. The van der Waals surface area contributed by atoms with E-state index >= 15 is 0 Å². The molecule has 90 valence electrons. The fraction of sp³-hybridized carbons (Fsp3) is 0.462. The van der Waals surface area contributed by atoms with Crippen molar-refractivity contribution in [3.63, 3.8) is 0 Å². The minimum absolute atomic E-state index is 0.656. The molecular formula is C13H17N3S. The second kappa shape index (κ2) is 4.18. The van der Waals surface area contributed by atoms with Crippen LogP contribution in [0, 0.1) is 13.8 Å². The molecule has 0 aliphatic heterocycles. The van der Waals surface area contributed by atoms with Crippen LogP contribution in [0.1, 0.15) is 28.2 Å². The van der Waals surface area contributed by atoms with Crippen LogP contribution in [0.25, 0.3) is 0 Å². The molecule has 1 aliphatic carbocycles. The minimum Gasteiger partial charge on any atom is -0.353 e. The Kier molecular flexibility index (Phi) is 2.67. The van der Waals surface area contributed by atoms with Crippen molar-refractivity contribution in [1.82, 2.24) is 9.55 Å². The van der Waals surface area contributed by atoms with Crippen LogP contribution in [0.3, 0.4) is 0 Å². The van der Waals surface area contributed by atoms with Gasteiger partial charge in [0.05, 0.1) is 6.54 Å². The molecule has 0 saturated heterocycles. The summed E-state index contributed by atoms with van der Waals surface area (Å²) in [5.74, 6) is 1.01. The summed E-state index contributed by atoms with van der Waals surface area (Å²) in [6, 6.07) is 2.93. The molecule has 0 amide bonds. The first-order chi connectivity index (χ1) is 8.22. The second-order valence-electron chi connectivity index (χ2n) is 4.75. The number of aryl methyl sites for hydroxylation is 2. The van der Waals surface area contributed by atoms with Gasteiger partial charge >= 0.3 is 0 Å². The summed E-state index contributed by atoms with van der Waals surface area (Å²) in [5.41, 5.74) is 1.39. The number of rotatable bonds is 4. The second-order valence-corrected chi connectivity index (χ2v) is 6.09. The first-order valence-electron chi connectivity index (χ1n) is 6.06.